The molecule has 2 fully saturated rings. The Kier molecular flexibility index (Phi) is 5.58. The highest BCUT2D eigenvalue weighted by Crippen LogP contribution is 2.46. The number of rotatable bonds is 3. The summed E-state index contributed by atoms with van der Waals surface area (Å²) < 4.78 is 26.7. The van der Waals surface area contributed by atoms with E-state index in [0.29, 0.717) is 13.1 Å². The first-order valence-corrected chi connectivity index (χ1v) is 11.5. The standard InChI is InChI=1S/C28H24F2N2O3/c1-16-9-20(18-3-5-21(29)6-4-18)10-17(2)25(16)26-22(33)12-28(13-23(26)34)14-32(15-28)27(35)19-7-8-31-24(30)11-19/h3-11,26H,12-15H2,1-2H3. The Morgan fingerprint density at radius 3 is 2.09 bits per heavy atom. The number of likely N-dealkylation sites (tertiary alicyclic amines) is 1. The summed E-state index contributed by atoms with van der Waals surface area (Å²) in [5.41, 5.74) is 3.83. The number of amides is 1. The first-order valence-electron chi connectivity index (χ1n) is 11.5. The Morgan fingerprint density at radius 1 is 0.914 bits per heavy atom. The van der Waals surface area contributed by atoms with Crippen molar-refractivity contribution in [1.29, 1.82) is 0 Å². The van der Waals surface area contributed by atoms with E-state index in [1.165, 1.54) is 24.4 Å². The molecule has 1 spiro atoms. The summed E-state index contributed by atoms with van der Waals surface area (Å²) in [6.45, 7) is 4.36. The second-order valence-electron chi connectivity index (χ2n) is 9.78. The van der Waals surface area contributed by atoms with Gasteiger partial charge in [0.05, 0.1) is 0 Å². The van der Waals surface area contributed by atoms with Gasteiger partial charge in [0.1, 0.15) is 23.3 Å². The summed E-state index contributed by atoms with van der Waals surface area (Å²) in [6.07, 6.45) is 1.68. The molecule has 2 heterocycles. The number of carbonyl (C=O) groups is 3. The molecule has 5 rings (SSSR count). The summed E-state index contributed by atoms with van der Waals surface area (Å²) in [5.74, 6) is -2.46. The third kappa shape index (κ3) is 4.16. The minimum atomic E-state index is -0.818. The molecule has 1 saturated heterocycles. The number of pyridine rings is 1. The van der Waals surface area contributed by atoms with Crippen molar-refractivity contribution in [2.24, 2.45) is 5.41 Å². The van der Waals surface area contributed by atoms with Crippen LogP contribution in [0.3, 0.4) is 0 Å². The van der Waals surface area contributed by atoms with Gasteiger partial charge in [0.2, 0.25) is 5.95 Å². The fraction of sp³-hybridized carbons (Fsp3) is 0.286. The molecule has 0 radical (unpaired) electrons. The van der Waals surface area contributed by atoms with Gasteiger partial charge in [-0.15, -0.1) is 0 Å². The minimum absolute atomic E-state index is 0.135. The normalized spacial score (nSPS) is 17.5. The topological polar surface area (TPSA) is 67.3 Å². The molecule has 5 nitrogen and oxygen atoms in total. The number of hydrogen-bond donors (Lipinski definition) is 0. The molecule has 0 N–H and O–H groups in total. The lowest BCUT2D eigenvalue weighted by atomic mass is 9.63. The molecule has 1 amide bonds. The third-order valence-corrected chi connectivity index (χ3v) is 7.12. The van der Waals surface area contributed by atoms with Crippen LogP contribution >= 0.6 is 0 Å². The van der Waals surface area contributed by atoms with Crippen LogP contribution in [-0.2, 0) is 9.59 Å². The molecule has 0 bridgehead atoms. The van der Waals surface area contributed by atoms with Crippen molar-refractivity contribution in [1.82, 2.24) is 9.88 Å². The molecule has 2 aliphatic rings. The lowest BCUT2D eigenvalue weighted by Crippen LogP contribution is -2.62. The molecule has 1 aliphatic heterocycles. The molecule has 0 atom stereocenters. The van der Waals surface area contributed by atoms with Gasteiger partial charge in [0.15, 0.2) is 0 Å². The maximum atomic E-state index is 13.4. The van der Waals surface area contributed by atoms with Gasteiger partial charge >= 0.3 is 0 Å². The first-order chi connectivity index (χ1) is 16.7. The van der Waals surface area contributed by atoms with Crippen LogP contribution < -0.4 is 0 Å². The zero-order valence-corrected chi connectivity index (χ0v) is 19.5. The maximum absolute atomic E-state index is 13.4. The quantitative estimate of drug-likeness (QED) is 0.404. The van der Waals surface area contributed by atoms with Crippen molar-refractivity contribution in [3.63, 3.8) is 0 Å². The van der Waals surface area contributed by atoms with Crippen molar-refractivity contribution >= 4 is 17.5 Å². The van der Waals surface area contributed by atoms with Crippen molar-refractivity contribution in [2.45, 2.75) is 32.6 Å². The average molecular weight is 475 g/mol. The Bertz CT molecular complexity index is 1320. The molecule has 35 heavy (non-hydrogen) atoms. The van der Waals surface area contributed by atoms with E-state index in [1.54, 1.807) is 17.0 Å². The molecule has 178 valence electrons. The third-order valence-electron chi connectivity index (χ3n) is 7.12. The van der Waals surface area contributed by atoms with Crippen LogP contribution in [0.15, 0.2) is 54.7 Å². The van der Waals surface area contributed by atoms with Crippen molar-refractivity contribution in [3.05, 3.63) is 88.7 Å². The molecular weight excluding hydrogens is 450 g/mol. The predicted molar refractivity (Wildman–Crippen MR) is 126 cm³/mol. The van der Waals surface area contributed by atoms with E-state index in [-0.39, 0.29) is 41.7 Å². The zero-order valence-electron chi connectivity index (χ0n) is 19.5. The molecule has 1 saturated carbocycles. The van der Waals surface area contributed by atoms with Crippen LogP contribution in [0.4, 0.5) is 8.78 Å². The van der Waals surface area contributed by atoms with Crippen LogP contribution in [0, 0.1) is 31.0 Å². The average Bonchev–Trinajstić information content (AvgIpc) is 2.78. The number of aromatic nitrogens is 1. The maximum Gasteiger partial charge on any atom is 0.254 e. The van der Waals surface area contributed by atoms with E-state index in [1.807, 2.05) is 26.0 Å². The molecule has 0 unspecified atom stereocenters. The molecular formula is C28H24F2N2O3. The minimum Gasteiger partial charge on any atom is -0.337 e. The Morgan fingerprint density at radius 2 is 1.51 bits per heavy atom. The van der Waals surface area contributed by atoms with Gasteiger partial charge in [-0.2, -0.15) is 4.39 Å². The molecule has 1 aliphatic carbocycles. The largest absolute Gasteiger partial charge is 0.337 e. The van der Waals surface area contributed by atoms with Gasteiger partial charge in [-0.05, 0) is 59.9 Å². The number of ketones is 2. The van der Waals surface area contributed by atoms with Gasteiger partial charge in [0, 0.05) is 49.2 Å². The van der Waals surface area contributed by atoms with Gasteiger partial charge in [-0.1, -0.05) is 24.3 Å². The van der Waals surface area contributed by atoms with Gasteiger partial charge in [-0.3, -0.25) is 14.4 Å². The molecule has 3 aromatic rings. The summed E-state index contributed by atoms with van der Waals surface area (Å²) in [7, 11) is 0. The van der Waals surface area contributed by atoms with E-state index in [2.05, 4.69) is 4.98 Å². The zero-order chi connectivity index (χ0) is 24.9. The number of Topliss-reactive ketones (excluding diaryl/α,β-unsaturated/α-hetero) is 2. The highest BCUT2D eigenvalue weighted by atomic mass is 19.1. The fourth-order valence-electron chi connectivity index (χ4n) is 5.60. The smallest absolute Gasteiger partial charge is 0.254 e. The van der Waals surface area contributed by atoms with Crippen molar-refractivity contribution < 1.29 is 23.2 Å². The van der Waals surface area contributed by atoms with E-state index in [9.17, 15) is 23.2 Å². The summed E-state index contributed by atoms with van der Waals surface area (Å²) in [4.78, 5) is 44.2. The van der Waals surface area contributed by atoms with Crippen LogP contribution in [0.1, 0.15) is 45.8 Å². The molecule has 7 heteroatoms. The number of nitrogens with zero attached hydrogens (tertiary/aromatic N) is 2. The molecule has 2 aromatic carbocycles. The predicted octanol–water partition coefficient (Wildman–Crippen LogP) is 4.80. The Balaban J connectivity index is 1.33. The number of halogens is 2. The van der Waals surface area contributed by atoms with Crippen molar-refractivity contribution in [3.8, 4) is 11.1 Å². The number of aryl methyl sites for hydroxylation is 2. The SMILES string of the molecule is Cc1cc(-c2ccc(F)cc2)cc(C)c1C1C(=O)CC2(CC1=O)CN(C(=O)c1ccnc(F)c1)C2. The van der Waals surface area contributed by atoms with Crippen LogP contribution in [0.5, 0.6) is 0 Å². The van der Waals surface area contributed by atoms with E-state index < -0.39 is 17.3 Å². The summed E-state index contributed by atoms with van der Waals surface area (Å²) in [6, 6.07) is 12.6. The summed E-state index contributed by atoms with van der Waals surface area (Å²) in [5, 5.41) is 0. The highest BCUT2D eigenvalue weighted by Gasteiger charge is 2.53. The second kappa shape index (κ2) is 8.48. The van der Waals surface area contributed by atoms with Crippen LogP contribution in [-0.4, -0.2) is 40.4 Å². The Labute approximate surface area is 201 Å². The van der Waals surface area contributed by atoms with E-state index in [4.69, 9.17) is 0 Å². The van der Waals surface area contributed by atoms with Crippen LogP contribution in [0.25, 0.3) is 11.1 Å². The number of carbonyl (C=O) groups excluding carboxylic acids is 3. The number of hydrogen-bond acceptors (Lipinski definition) is 4. The highest BCUT2D eigenvalue weighted by molar-refractivity contribution is 6.11. The fourth-order valence-corrected chi connectivity index (χ4v) is 5.60. The number of benzene rings is 2. The van der Waals surface area contributed by atoms with E-state index >= 15 is 0 Å². The summed E-state index contributed by atoms with van der Waals surface area (Å²) >= 11 is 0. The second-order valence-corrected chi connectivity index (χ2v) is 9.78. The molecule has 1 aromatic heterocycles. The Hall–Kier alpha value is -3.74. The van der Waals surface area contributed by atoms with E-state index in [0.717, 1.165) is 33.9 Å². The van der Waals surface area contributed by atoms with Crippen molar-refractivity contribution in [2.75, 3.05) is 13.1 Å². The van der Waals surface area contributed by atoms with Gasteiger partial charge < -0.3 is 4.90 Å². The lowest BCUT2D eigenvalue weighted by molar-refractivity contribution is -0.141. The van der Waals surface area contributed by atoms with Gasteiger partial charge in [0.25, 0.3) is 5.91 Å². The lowest BCUT2D eigenvalue weighted by Gasteiger charge is -2.52. The van der Waals surface area contributed by atoms with Crippen LogP contribution in [0.2, 0.25) is 0 Å². The van der Waals surface area contributed by atoms with Gasteiger partial charge in [-0.25, -0.2) is 9.37 Å². The first kappa shape index (κ1) is 23.0. The monoisotopic (exact) mass is 474 g/mol.